The lowest BCUT2D eigenvalue weighted by Gasteiger charge is -2.23. The van der Waals surface area contributed by atoms with Gasteiger partial charge in [-0.15, -0.1) is 0 Å². The summed E-state index contributed by atoms with van der Waals surface area (Å²) < 4.78 is 22.3. The van der Waals surface area contributed by atoms with Gasteiger partial charge in [0.05, 0.1) is 12.5 Å². The van der Waals surface area contributed by atoms with Crippen LogP contribution in [0.5, 0.6) is 17.2 Å². The number of anilines is 1. The van der Waals surface area contributed by atoms with Crippen LogP contribution in [0, 0.1) is 0 Å². The zero-order chi connectivity index (χ0) is 18.2. The van der Waals surface area contributed by atoms with Crippen molar-refractivity contribution in [1.29, 1.82) is 0 Å². The molecule has 0 saturated heterocycles. The average Bonchev–Trinajstić information content (AvgIpc) is 3.46. The number of rotatable bonds is 1. The van der Waals surface area contributed by atoms with E-state index in [4.69, 9.17) is 18.6 Å². The van der Waals surface area contributed by atoms with Gasteiger partial charge >= 0.3 is 0 Å². The van der Waals surface area contributed by atoms with Crippen LogP contribution in [0.4, 0.5) is 5.69 Å². The molecule has 0 unspecified atom stereocenters. The highest BCUT2D eigenvalue weighted by molar-refractivity contribution is 6.13. The van der Waals surface area contributed by atoms with Crippen molar-refractivity contribution in [2.24, 2.45) is 0 Å². The first-order valence-corrected chi connectivity index (χ1v) is 8.71. The summed E-state index contributed by atoms with van der Waals surface area (Å²) in [7, 11) is 1.81. The first-order valence-electron chi connectivity index (χ1n) is 8.71. The third kappa shape index (κ3) is 1.68. The van der Waals surface area contributed by atoms with E-state index in [0.717, 1.165) is 27.9 Å². The molecule has 6 rings (SSSR count). The summed E-state index contributed by atoms with van der Waals surface area (Å²) in [5.74, 6) is 1.94. The van der Waals surface area contributed by atoms with Gasteiger partial charge in [-0.25, -0.2) is 0 Å². The second-order valence-electron chi connectivity index (χ2n) is 6.97. The Kier molecular flexibility index (Phi) is 2.65. The highest BCUT2D eigenvalue weighted by Gasteiger charge is 2.57. The zero-order valence-corrected chi connectivity index (χ0v) is 14.5. The Balaban J connectivity index is 1.67. The van der Waals surface area contributed by atoms with Crippen molar-refractivity contribution < 1.29 is 23.4 Å². The van der Waals surface area contributed by atoms with E-state index in [0.29, 0.717) is 17.2 Å². The molecule has 27 heavy (non-hydrogen) atoms. The smallest absolute Gasteiger partial charge is 0.245 e. The summed E-state index contributed by atoms with van der Waals surface area (Å²) in [4.78, 5) is 15.2. The molecular formula is C21H15NO5. The molecule has 6 nitrogen and oxygen atoms in total. The summed E-state index contributed by atoms with van der Waals surface area (Å²) in [5.41, 5.74) is 3.63. The third-order valence-corrected chi connectivity index (χ3v) is 5.71. The fourth-order valence-corrected chi connectivity index (χ4v) is 4.45. The molecule has 1 spiro atoms. The maximum absolute atomic E-state index is 13.5. The topological polar surface area (TPSA) is 61.1 Å². The molecule has 2 aromatic carbocycles. The van der Waals surface area contributed by atoms with Gasteiger partial charge in [0.25, 0.3) is 0 Å². The van der Waals surface area contributed by atoms with E-state index >= 15 is 0 Å². The minimum absolute atomic E-state index is 0.00828. The number of carbonyl (C=O) groups is 1. The molecule has 0 N–H and O–H groups in total. The van der Waals surface area contributed by atoms with Crippen LogP contribution < -0.4 is 19.1 Å². The van der Waals surface area contributed by atoms with Crippen molar-refractivity contribution in [3.8, 4) is 28.4 Å². The van der Waals surface area contributed by atoms with Crippen LogP contribution in [0.1, 0.15) is 11.1 Å². The Bertz CT molecular complexity index is 1100. The third-order valence-electron chi connectivity index (χ3n) is 5.71. The van der Waals surface area contributed by atoms with Gasteiger partial charge in [0.15, 0.2) is 11.5 Å². The minimum atomic E-state index is -0.908. The summed E-state index contributed by atoms with van der Waals surface area (Å²) in [5, 5.41) is 0. The van der Waals surface area contributed by atoms with Crippen LogP contribution in [0.3, 0.4) is 0 Å². The molecular weight excluding hydrogens is 346 g/mol. The van der Waals surface area contributed by atoms with Crippen LogP contribution in [0.25, 0.3) is 11.1 Å². The first kappa shape index (κ1) is 14.7. The Morgan fingerprint density at radius 1 is 1.04 bits per heavy atom. The number of fused-ring (bicyclic) bond motifs is 5. The quantitative estimate of drug-likeness (QED) is 0.665. The lowest BCUT2D eigenvalue weighted by molar-refractivity contribution is -0.121. The Morgan fingerprint density at radius 2 is 1.89 bits per heavy atom. The van der Waals surface area contributed by atoms with Gasteiger partial charge in [-0.1, -0.05) is 12.1 Å². The maximum Gasteiger partial charge on any atom is 0.245 e. The number of likely N-dealkylation sites (N-methyl/N-ethyl adjacent to an activating group) is 1. The molecule has 4 heterocycles. The Hall–Kier alpha value is -3.41. The number of benzene rings is 2. The molecule has 3 aliphatic heterocycles. The number of furan rings is 1. The van der Waals surface area contributed by atoms with Crippen LogP contribution in [-0.4, -0.2) is 26.4 Å². The molecule has 0 bridgehead atoms. The van der Waals surface area contributed by atoms with Crippen molar-refractivity contribution in [2.75, 3.05) is 25.3 Å². The number of hydrogen-bond acceptors (Lipinski definition) is 5. The van der Waals surface area contributed by atoms with Gasteiger partial charge in [0.1, 0.15) is 17.8 Å². The SMILES string of the molecule is CN1C(=O)[C@@]2(COc3cc4c(cc32)OCO4)c2c(-c3ccoc3)cccc21. The second-order valence-corrected chi connectivity index (χ2v) is 6.97. The van der Waals surface area contributed by atoms with E-state index < -0.39 is 5.41 Å². The largest absolute Gasteiger partial charge is 0.491 e. The van der Waals surface area contributed by atoms with Crippen molar-refractivity contribution in [3.63, 3.8) is 0 Å². The molecule has 0 aliphatic carbocycles. The normalized spacial score (nSPS) is 21.5. The maximum atomic E-state index is 13.5. The lowest BCUT2D eigenvalue weighted by Crippen LogP contribution is -2.41. The van der Waals surface area contributed by atoms with E-state index in [1.54, 1.807) is 24.5 Å². The molecule has 1 amide bonds. The lowest BCUT2D eigenvalue weighted by atomic mass is 9.74. The highest BCUT2D eigenvalue weighted by atomic mass is 16.7. The van der Waals surface area contributed by atoms with E-state index in [9.17, 15) is 4.79 Å². The number of hydrogen-bond donors (Lipinski definition) is 0. The molecule has 3 aliphatic rings. The van der Waals surface area contributed by atoms with E-state index in [-0.39, 0.29) is 19.3 Å². The molecule has 3 aromatic rings. The van der Waals surface area contributed by atoms with Crippen molar-refractivity contribution in [1.82, 2.24) is 0 Å². The van der Waals surface area contributed by atoms with Gasteiger partial charge in [0, 0.05) is 35.5 Å². The van der Waals surface area contributed by atoms with Crippen LogP contribution in [-0.2, 0) is 10.2 Å². The van der Waals surface area contributed by atoms with Crippen LogP contribution in [0.2, 0.25) is 0 Å². The van der Waals surface area contributed by atoms with Crippen molar-refractivity contribution in [2.45, 2.75) is 5.41 Å². The Morgan fingerprint density at radius 3 is 2.70 bits per heavy atom. The van der Waals surface area contributed by atoms with Crippen molar-refractivity contribution >= 4 is 11.6 Å². The van der Waals surface area contributed by atoms with E-state index in [2.05, 4.69) is 0 Å². The molecule has 134 valence electrons. The fourth-order valence-electron chi connectivity index (χ4n) is 4.45. The monoisotopic (exact) mass is 361 g/mol. The number of ether oxygens (including phenoxy) is 3. The van der Waals surface area contributed by atoms with Crippen LogP contribution in [0.15, 0.2) is 53.3 Å². The predicted molar refractivity (Wildman–Crippen MR) is 96.4 cm³/mol. The minimum Gasteiger partial charge on any atom is -0.491 e. The van der Waals surface area contributed by atoms with Gasteiger partial charge in [-0.05, 0) is 23.8 Å². The summed E-state index contributed by atoms with van der Waals surface area (Å²) in [6, 6.07) is 11.6. The van der Waals surface area contributed by atoms with Crippen molar-refractivity contribution in [3.05, 3.63) is 60.1 Å². The summed E-state index contributed by atoms with van der Waals surface area (Å²) in [6.07, 6.45) is 3.33. The van der Waals surface area contributed by atoms with Gasteiger partial charge in [-0.3, -0.25) is 4.79 Å². The second kappa shape index (κ2) is 4.85. The number of carbonyl (C=O) groups excluding carboxylic acids is 1. The molecule has 0 saturated carbocycles. The molecule has 1 aromatic heterocycles. The predicted octanol–water partition coefficient (Wildman–Crippen LogP) is 3.33. The van der Waals surface area contributed by atoms with Crippen LogP contribution >= 0.6 is 0 Å². The molecule has 1 atom stereocenters. The van der Waals surface area contributed by atoms with Gasteiger partial charge in [0.2, 0.25) is 12.7 Å². The summed E-state index contributed by atoms with van der Waals surface area (Å²) >= 11 is 0. The zero-order valence-electron chi connectivity index (χ0n) is 14.5. The van der Waals surface area contributed by atoms with E-state index in [1.807, 2.05) is 36.4 Å². The fraction of sp³-hybridized carbons (Fsp3) is 0.190. The van der Waals surface area contributed by atoms with Gasteiger partial charge < -0.3 is 23.5 Å². The number of nitrogens with zero attached hydrogens (tertiary/aromatic N) is 1. The van der Waals surface area contributed by atoms with E-state index in [1.165, 1.54) is 0 Å². The molecule has 6 heteroatoms. The standard InChI is InChI=1S/C21H15NO5/c1-22-15-4-2-3-13(12-5-6-24-9-12)19(15)21(20(22)23)10-25-16-8-18-17(7-14(16)21)26-11-27-18/h2-9H,10-11H2,1H3/t21-/m1/s1. The Labute approximate surface area is 154 Å². The number of amides is 1. The first-order chi connectivity index (χ1) is 13.2. The molecule has 0 fully saturated rings. The highest BCUT2D eigenvalue weighted by Crippen LogP contribution is 2.56. The van der Waals surface area contributed by atoms with Gasteiger partial charge in [-0.2, -0.15) is 0 Å². The summed E-state index contributed by atoms with van der Waals surface area (Å²) in [6.45, 7) is 0.423. The average molecular weight is 361 g/mol. The molecule has 0 radical (unpaired) electrons.